The van der Waals surface area contributed by atoms with Gasteiger partial charge in [-0.2, -0.15) is 5.10 Å². The topological polar surface area (TPSA) is 80.5 Å². The van der Waals surface area contributed by atoms with Crippen LogP contribution in [0.4, 0.5) is 4.79 Å². The van der Waals surface area contributed by atoms with Crippen molar-refractivity contribution in [3.63, 3.8) is 0 Å². The standard InChI is InChI=1S/C15H16N4O3/c1-22-9-2-3-13(16-6-9)19-5-4-12(17-19)14-10-7-18(15(20)21)8-11(10)14/h2-6,10-11,14H,7-8H2,1H3,(H,20,21)/t10-,11+,14+. The van der Waals surface area contributed by atoms with Gasteiger partial charge < -0.3 is 14.7 Å². The van der Waals surface area contributed by atoms with E-state index >= 15 is 0 Å². The summed E-state index contributed by atoms with van der Waals surface area (Å²) in [5.74, 6) is 2.67. The van der Waals surface area contributed by atoms with Crippen molar-refractivity contribution in [3.05, 3.63) is 36.3 Å². The second-order valence-electron chi connectivity index (χ2n) is 5.78. The van der Waals surface area contributed by atoms with Gasteiger partial charge in [-0.15, -0.1) is 0 Å². The molecular formula is C15H16N4O3. The van der Waals surface area contributed by atoms with E-state index in [-0.39, 0.29) is 0 Å². The van der Waals surface area contributed by atoms with Gasteiger partial charge in [-0.1, -0.05) is 0 Å². The Hall–Kier alpha value is -2.57. The zero-order chi connectivity index (χ0) is 15.3. The van der Waals surface area contributed by atoms with Crippen LogP contribution in [-0.4, -0.2) is 51.1 Å². The lowest BCUT2D eigenvalue weighted by Crippen LogP contribution is -2.29. The molecule has 0 spiro atoms. The van der Waals surface area contributed by atoms with Crippen LogP contribution < -0.4 is 4.74 Å². The van der Waals surface area contributed by atoms with Crippen molar-refractivity contribution >= 4 is 6.09 Å². The van der Waals surface area contributed by atoms with Crippen LogP contribution in [0.25, 0.3) is 5.82 Å². The lowest BCUT2D eigenvalue weighted by Gasteiger charge is -2.14. The number of amides is 1. The summed E-state index contributed by atoms with van der Waals surface area (Å²) in [7, 11) is 1.61. The zero-order valence-corrected chi connectivity index (χ0v) is 12.1. The molecule has 3 atom stereocenters. The molecule has 0 radical (unpaired) electrons. The Morgan fingerprint density at radius 2 is 2.09 bits per heavy atom. The van der Waals surface area contributed by atoms with Crippen LogP contribution in [0.2, 0.25) is 0 Å². The molecule has 7 nitrogen and oxygen atoms in total. The fraction of sp³-hybridized carbons (Fsp3) is 0.400. The highest BCUT2D eigenvalue weighted by molar-refractivity contribution is 5.66. The average Bonchev–Trinajstić information content (AvgIpc) is 2.95. The average molecular weight is 300 g/mol. The number of nitrogens with zero attached hydrogens (tertiary/aromatic N) is 4. The first-order valence-electron chi connectivity index (χ1n) is 7.21. The molecule has 2 aliphatic rings. The van der Waals surface area contributed by atoms with Crippen LogP contribution in [0.1, 0.15) is 11.6 Å². The number of piperidine rings is 1. The van der Waals surface area contributed by atoms with Gasteiger partial charge in [-0.05, 0) is 30.0 Å². The first kappa shape index (κ1) is 13.1. The third-order valence-electron chi connectivity index (χ3n) is 4.61. The highest BCUT2D eigenvalue weighted by Crippen LogP contribution is 2.57. The van der Waals surface area contributed by atoms with Gasteiger partial charge in [0.2, 0.25) is 0 Å². The van der Waals surface area contributed by atoms with Crippen LogP contribution in [-0.2, 0) is 0 Å². The number of carbonyl (C=O) groups is 1. The first-order chi connectivity index (χ1) is 10.7. The van der Waals surface area contributed by atoms with Crippen LogP contribution in [0.5, 0.6) is 5.75 Å². The molecule has 2 aromatic heterocycles. The molecule has 1 saturated carbocycles. The number of methoxy groups -OCH3 is 1. The third-order valence-corrected chi connectivity index (χ3v) is 4.61. The summed E-state index contributed by atoms with van der Waals surface area (Å²) in [6.45, 7) is 1.25. The molecule has 114 valence electrons. The summed E-state index contributed by atoms with van der Waals surface area (Å²) < 4.78 is 6.84. The summed E-state index contributed by atoms with van der Waals surface area (Å²) in [4.78, 5) is 16.7. The minimum Gasteiger partial charge on any atom is -0.495 e. The number of fused-ring (bicyclic) bond motifs is 1. The SMILES string of the molecule is COc1ccc(-n2ccc([C@H]3[C@@H]4CN(C(=O)O)C[C@@H]43)n2)nc1. The van der Waals surface area contributed by atoms with E-state index in [0.29, 0.717) is 36.6 Å². The Bertz CT molecular complexity index is 700. The Labute approximate surface area is 127 Å². The molecule has 1 amide bonds. The molecule has 1 N–H and O–H groups in total. The van der Waals surface area contributed by atoms with Gasteiger partial charge >= 0.3 is 6.09 Å². The fourth-order valence-corrected chi connectivity index (χ4v) is 3.39. The van der Waals surface area contributed by atoms with Gasteiger partial charge in [0.1, 0.15) is 5.75 Å². The number of ether oxygens (including phenoxy) is 1. The minimum absolute atomic E-state index is 0.384. The van der Waals surface area contributed by atoms with Crippen LogP contribution >= 0.6 is 0 Å². The maximum absolute atomic E-state index is 10.9. The molecule has 1 aliphatic carbocycles. The van der Waals surface area contributed by atoms with Crippen LogP contribution in [0.3, 0.4) is 0 Å². The van der Waals surface area contributed by atoms with Crippen molar-refractivity contribution < 1.29 is 14.6 Å². The second kappa shape index (κ2) is 4.72. The normalized spacial score (nSPS) is 25.9. The van der Waals surface area contributed by atoms with Crippen molar-refractivity contribution in [2.75, 3.05) is 20.2 Å². The Morgan fingerprint density at radius 1 is 1.32 bits per heavy atom. The lowest BCUT2D eigenvalue weighted by atomic mass is 10.2. The molecule has 0 aromatic carbocycles. The van der Waals surface area contributed by atoms with E-state index in [1.807, 2.05) is 24.4 Å². The Morgan fingerprint density at radius 3 is 2.68 bits per heavy atom. The van der Waals surface area contributed by atoms with Crippen molar-refractivity contribution in [2.24, 2.45) is 11.8 Å². The lowest BCUT2D eigenvalue weighted by molar-refractivity contribution is 0.150. The molecular weight excluding hydrogens is 284 g/mol. The van der Waals surface area contributed by atoms with Gasteiger partial charge in [0.15, 0.2) is 5.82 Å². The van der Waals surface area contributed by atoms with Gasteiger partial charge in [-0.3, -0.25) is 0 Å². The molecule has 22 heavy (non-hydrogen) atoms. The van der Waals surface area contributed by atoms with E-state index in [1.165, 1.54) is 4.90 Å². The van der Waals surface area contributed by atoms with Gasteiger partial charge in [0.25, 0.3) is 0 Å². The molecule has 2 aromatic rings. The molecule has 1 aliphatic heterocycles. The largest absolute Gasteiger partial charge is 0.495 e. The second-order valence-corrected chi connectivity index (χ2v) is 5.78. The number of rotatable bonds is 3. The predicted octanol–water partition coefficient (Wildman–Crippen LogP) is 1.60. The van der Waals surface area contributed by atoms with Crippen molar-refractivity contribution in [2.45, 2.75) is 5.92 Å². The number of likely N-dealkylation sites (tertiary alicyclic amines) is 1. The quantitative estimate of drug-likeness (QED) is 0.931. The summed E-state index contributed by atoms with van der Waals surface area (Å²) in [5.41, 5.74) is 1.03. The molecule has 3 heterocycles. The fourth-order valence-electron chi connectivity index (χ4n) is 3.39. The summed E-state index contributed by atoms with van der Waals surface area (Å²) in [6.07, 6.45) is 2.74. The van der Waals surface area contributed by atoms with E-state index in [0.717, 1.165) is 11.5 Å². The Kier molecular flexibility index (Phi) is 2.82. The number of carboxylic acid groups (broad SMARTS) is 1. The highest BCUT2D eigenvalue weighted by atomic mass is 16.5. The maximum Gasteiger partial charge on any atom is 0.407 e. The van der Waals surface area contributed by atoms with Crippen LogP contribution in [0.15, 0.2) is 30.6 Å². The van der Waals surface area contributed by atoms with Crippen LogP contribution in [0, 0.1) is 11.8 Å². The maximum atomic E-state index is 10.9. The third kappa shape index (κ3) is 2.01. The smallest absolute Gasteiger partial charge is 0.407 e. The molecule has 0 unspecified atom stereocenters. The molecule has 7 heteroatoms. The number of hydrogen-bond acceptors (Lipinski definition) is 4. The van der Waals surface area contributed by atoms with Gasteiger partial charge in [0, 0.05) is 25.2 Å². The number of hydrogen-bond donors (Lipinski definition) is 1. The molecule has 0 bridgehead atoms. The predicted molar refractivity (Wildman–Crippen MR) is 77.2 cm³/mol. The minimum atomic E-state index is -0.820. The highest BCUT2D eigenvalue weighted by Gasteiger charge is 2.58. The van der Waals surface area contributed by atoms with Crippen molar-refractivity contribution in [1.29, 1.82) is 0 Å². The molecule has 1 saturated heterocycles. The molecule has 4 rings (SSSR count). The van der Waals surface area contributed by atoms with E-state index in [4.69, 9.17) is 9.84 Å². The van der Waals surface area contributed by atoms with Gasteiger partial charge in [0.05, 0.1) is 19.0 Å². The Balaban J connectivity index is 1.48. The van der Waals surface area contributed by atoms with Crippen molar-refractivity contribution in [1.82, 2.24) is 19.7 Å². The first-order valence-corrected chi connectivity index (χ1v) is 7.21. The summed E-state index contributed by atoms with van der Waals surface area (Å²) in [5, 5.41) is 13.6. The molecule has 2 fully saturated rings. The number of aromatic nitrogens is 3. The summed E-state index contributed by atoms with van der Waals surface area (Å²) in [6, 6.07) is 5.70. The van der Waals surface area contributed by atoms with Gasteiger partial charge in [-0.25, -0.2) is 14.5 Å². The zero-order valence-electron chi connectivity index (χ0n) is 12.1. The number of pyridine rings is 1. The van der Waals surface area contributed by atoms with E-state index in [2.05, 4.69) is 10.1 Å². The summed E-state index contributed by atoms with van der Waals surface area (Å²) >= 11 is 0. The van der Waals surface area contributed by atoms with Crippen molar-refractivity contribution in [3.8, 4) is 11.6 Å². The van der Waals surface area contributed by atoms with E-state index < -0.39 is 6.09 Å². The monoisotopic (exact) mass is 300 g/mol. The van der Waals surface area contributed by atoms with E-state index in [9.17, 15) is 4.79 Å². The van der Waals surface area contributed by atoms with E-state index in [1.54, 1.807) is 18.0 Å².